The molecule has 7 nitrogen and oxygen atoms in total. The van der Waals surface area contributed by atoms with E-state index in [0.717, 1.165) is 0 Å². The molecule has 1 amide bonds. The fraction of sp³-hybridized carbons (Fsp3) is 0.500. The number of pyridine rings is 1. The topological polar surface area (TPSA) is 97.8 Å². The number of hydrogen-bond acceptors (Lipinski definition) is 6. The van der Waals surface area contributed by atoms with Gasteiger partial charge in [-0.05, 0) is 42.8 Å². The van der Waals surface area contributed by atoms with Gasteiger partial charge in [0.2, 0.25) is 0 Å². The predicted molar refractivity (Wildman–Crippen MR) is 86.9 cm³/mol. The Bertz CT molecular complexity index is 564. The van der Waals surface area contributed by atoms with Crippen LogP contribution in [0.4, 0.5) is 4.79 Å². The number of aliphatic hydroxyl groups excluding tert-OH is 1. The Kier molecular flexibility index (Phi) is 7.24. The predicted octanol–water partition coefficient (Wildman–Crippen LogP) is 2.51. The lowest BCUT2D eigenvalue weighted by Gasteiger charge is -2.25. The lowest BCUT2D eigenvalue weighted by Crippen LogP contribution is -2.47. The van der Waals surface area contributed by atoms with E-state index in [1.807, 2.05) is 0 Å². The molecule has 23 heavy (non-hydrogen) atoms. The van der Waals surface area contributed by atoms with Crippen molar-refractivity contribution in [1.29, 1.82) is 0 Å². The van der Waals surface area contributed by atoms with Crippen LogP contribution in [0.2, 0.25) is 0 Å². The summed E-state index contributed by atoms with van der Waals surface area (Å²) < 4.78 is 10.1. The molecule has 0 fully saturated rings. The van der Waals surface area contributed by atoms with E-state index in [2.05, 4.69) is 31.0 Å². The highest BCUT2D eigenvalue weighted by Crippen LogP contribution is 2.24. The number of nitrogens with zero attached hydrogens (tertiary/aromatic N) is 1. The summed E-state index contributed by atoms with van der Waals surface area (Å²) >= 11 is 8.55. The Morgan fingerprint density at radius 1 is 1.48 bits per heavy atom. The minimum Gasteiger partial charge on any atom is -0.448 e. The molecule has 0 spiro atoms. The van der Waals surface area contributed by atoms with Gasteiger partial charge in [0.15, 0.2) is 12.1 Å². The second-order valence-corrected chi connectivity index (χ2v) is 6.49. The molecule has 0 aliphatic heterocycles. The van der Waals surface area contributed by atoms with E-state index in [4.69, 9.17) is 16.3 Å². The molecule has 0 radical (unpaired) electrons. The molecule has 2 N–H and O–H groups in total. The molecular formula is C14H18BrClN2O5. The number of alkyl halides is 1. The minimum atomic E-state index is -1.40. The van der Waals surface area contributed by atoms with Gasteiger partial charge in [0, 0.05) is 11.8 Å². The Hall–Kier alpha value is -1.38. The van der Waals surface area contributed by atoms with Gasteiger partial charge in [-0.15, -0.1) is 0 Å². The van der Waals surface area contributed by atoms with Gasteiger partial charge in [0.1, 0.15) is 16.3 Å². The number of ether oxygens (including phenoxy) is 2. The summed E-state index contributed by atoms with van der Waals surface area (Å²) in [6, 6.07) is 1.33. The summed E-state index contributed by atoms with van der Waals surface area (Å²) in [5, 5.41) is 12.7. The molecule has 1 rings (SSSR count). The number of carbonyl (C=O) groups excluding carboxylic acids is 2. The smallest absolute Gasteiger partial charge is 0.408 e. The van der Waals surface area contributed by atoms with E-state index < -0.39 is 35.9 Å². The summed E-state index contributed by atoms with van der Waals surface area (Å²) in [5.74, 6) is -0.894. The van der Waals surface area contributed by atoms with Crippen LogP contribution in [-0.4, -0.2) is 39.9 Å². The van der Waals surface area contributed by atoms with Gasteiger partial charge in [-0.25, -0.2) is 14.6 Å². The first kappa shape index (κ1) is 19.7. The van der Waals surface area contributed by atoms with Crippen LogP contribution in [0.3, 0.4) is 0 Å². The Labute approximate surface area is 147 Å². The van der Waals surface area contributed by atoms with Crippen LogP contribution in [0.15, 0.2) is 22.9 Å². The van der Waals surface area contributed by atoms with Gasteiger partial charge >= 0.3 is 12.1 Å². The number of alkyl carbamates (subject to hydrolysis) is 1. The van der Waals surface area contributed by atoms with Crippen molar-refractivity contribution in [3.05, 3.63) is 28.5 Å². The van der Waals surface area contributed by atoms with E-state index in [1.165, 1.54) is 6.20 Å². The number of aromatic nitrogens is 1. The van der Waals surface area contributed by atoms with Crippen LogP contribution in [-0.2, 0) is 14.3 Å². The average Bonchev–Trinajstić information content (AvgIpc) is 2.43. The van der Waals surface area contributed by atoms with E-state index in [-0.39, 0.29) is 0 Å². The molecule has 2 atom stereocenters. The molecule has 0 saturated heterocycles. The molecule has 1 aromatic heterocycles. The molecule has 1 heterocycles. The summed E-state index contributed by atoms with van der Waals surface area (Å²) in [7, 11) is 0. The molecule has 0 aromatic carbocycles. The Morgan fingerprint density at radius 3 is 2.65 bits per heavy atom. The molecule has 1 aromatic rings. The van der Waals surface area contributed by atoms with E-state index in [9.17, 15) is 14.7 Å². The molecule has 128 valence electrons. The first-order valence-corrected chi connectivity index (χ1v) is 7.99. The maximum absolute atomic E-state index is 12.0. The van der Waals surface area contributed by atoms with Gasteiger partial charge < -0.3 is 19.9 Å². The van der Waals surface area contributed by atoms with Crippen molar-refractivity contribution in [3.63, 3.8) is 0 Å². The van der Waals surface area contributed by atoms with Gasteiger partial charge in [-0.2, -0.15) is 0 Å². The standard InChI is InChI=1S/C14H18BrClN2O5/c1-14(2,3)23-13(21)18-9(12(20)22-7-16)10(19)8-5-4-6-17-11(8)15/h4-6,9-10,19H,7H2,1-3H3,(H,18,21). The van der Waals surface area contributed by atoms with Crippen LogP contribution in [0.25, 0.3) is 0 Å². The maximum Gasteiger partial charge on any atom is 0.408 e. The largest absolute Gasteiger partial charge is 0.448 e. The van der Waals surface area contributed by atoms with E-state index >= 15 is 0 Å². The van der Waals surface area contributed by atoms with Crippen molar-refractivity contribution in [3.8, 4) is 0 Å². The first-order valence-electron chi connectivity index (χ1n) is 6.66. The van der Waals surface area contributed by atoms with Crippen molar-refractivity contribution in [1.82, 2.24) is 10.3 Å². The van der Waals surface area contributed by atoms with Gasteiger partial charge in [-0.1, -0.05) is 17.7 Å². The van der Waals surface area contributed by atoms with Crippen molar-refractivity contribution in [2.75, 3.05) is 6.07 Å². The van der Waals surface area contributed by atoms with Crippen LogP contribution in [0.1, 0.15) is 32.4 Å². The fourth-order valence-electron chi connectivity index (χ4n) is 1.64. The Morgan fingerprint density at radius 2 is 2.13 bits per heavy atom. The summed E-state index contributed by atoms with van der Waals surface area (Å²) in [6.07, 6.45) is -0.761. The SMILES string of the molecule is CC(C)(C)OC(=O)NC(C(=O)OCCl)C(O)c1cccnc1Br. The molecule has 0 bridgehead atoms. The lowest BCUT2D eigenvalue weighted by atomic mass is 10.0. The summed E-state index contributed by atoms with van der Waals surface area (Å²) in [4.78, 5) is 27.8. The monoisotopic (exact) mass is 408 g/mol. The third-order valence-corrected chi connectivity index (χ3v) is 3.32. The molecular weight excluding hydrogens is 392 g/mol. The molecule has 0 saturated carbocycles. The van der Waals surface area contributed by atoms with Crippen LogP contribution >= 0.6 is 27.5 Å². The average molecular weight is 410 g/mol. The number of amides is 1. The summed E-state index contributed by atoms with van der Waals surface area (Å²) in [6.45, 7) is 5.02. The third-order valence-electron chi connectivity index (χ3n) is 2.55. The molecule has 0 aliphatic carbocycles. The zero-order valence-corrected chi connectivity index (χ0v) is 15.2. The second kappa shape index (κ2) is 8.47. The van der Waals surface area contributed by atoms with E-state index in [1.54, 1.807) is 32.9 Å². The van der Waals surface area contributed by atoms with Gasteiger partial charge in [0.25, 0.3) is 0 Å². The molecule has 0 aliphatic rings. The normalized spacial score (nSPS) is 13.8. The first-order chi connectivity index (χ1) is 10.7. The number of nitrogens with one attached hydrogen (secondary N) is 1. The molecule has 9 heteroatoms. The number of rotatable bonds is 5. The zero-order chi connectivity index (χ0) is 17.6. The number of aliphatic hydroxyl groups is 1. The molecule has 2 unspecified atom stereocenters. The second-order valence-electron chi connectivity index (χ2n) is 5.52. The highest BCUT2D eigenvalue weighted by atomic mass is 79.9. The Balaban J connectivity index is 2.99. The van der Waals surface area contributed by atoms with Crippen molar-refractivity contribution in [2.24, 2.45) is 0 Å². The van der Waals surface area contributed by atoms with Crippen LogP contribution < -0.4 is 5.32 Å². The highest BCUT2D eigenvalue weighted by Gasteiger charge is 2.33. The zero-order valence-electron chi connectivity index (χ0n) is 12.9. The number of esters is 1. The highest BCUT2D eigenvalue weighted by molar-refractivity contribution is 9.10. The van der Waals surface area contributed by atoms with Crippen LogP contribution in [0, 0.1) is 0 Å². The number of halogens is 2. The maximum atomic E-state index is 12.0. The summed E-state index contributed by atoms with van der Waals surface area (Å²) in [5.41, 5.74) is -0.453. The number of carbonyl (C=O) groups is 2. The lowest BCUT2D eigenvalue weighted by molar-refractivity contribution is -0.147. The van der Waals surface area contributed by atoms with E-state index in [0.29, 0.717) is 10.2 Å². The van der Waals surface area contributed by atoms with Gasteiger partial charge in [0.05, 0.1) is 0 Å². The number of hydrogen-bond donors (Lipinski definition) is 2. The quantitative estimate of drug-likeness (QED) is 0.440. The minimum absolute atomic E-state index is 0.306. The van der Waals surface area contributed by atoms with Crippen molar-refractivity contribution in [2.45, 2.75) is 38.5 Å². The third kappa shape index (κ3) is 6.32. The van der Waals surface area contributed by atoms with Gasteiger partial charge in [-0.3, -0.25) is 0 Å². The van der Waals surface area contributed by atoms with Crippen molar-refractivity contribution >= 4 is 39.6 Å². The fourth-order valence-corrected chi connectivity index (χ4v) is 2.24. The van der Waals surface area contributed by atoms with Crippen molar-refractivity contribution < 1.29 is 24.2 Å². The van der Waals surface area contributed by atoms with Crippen LogP contribution in [0.5, 0.6) is 0 Å².